The van der Waals surface area contributed by atoms with E-state index in [0.29, 0.717) is 36.5 Å². The first-order valence-electron chi connectivity index (χ1n) is 14.7. The third kappa shape index (κ3) is 5.47. The Kier molecular flexibility index (Phi) is 7.40. The van der Waals surface area contributed by atoms with Crippen LogP contribution in [0.3, 0.4) is 0 Å². The zero-order chi connectivity index (χ0) is 30.0. The third-order valence-corrected chi connectivity index (χ3v) is 8.33. The standard InChI is InChI=1S/C32H31N9O3/c33-30-27-29(20-6-8-24(9-7-20)44-23-4-2-1-3-5-23)39-41(31(27)35-19-34-30)22-13-16-40(17-14-22)18-21-12-15-36-38-28(21)25-10-11-26(42)37-32(25)43/h1-9,12,15,19,22,25H,10-11,13-14,16-18H2,(H2,33,34,35)(H,37,42,43). The molecule has 1 unspecified atom stereocenters. The minimum absolute atomic E-state index is 0.127. The average Bonchev–Trinajstić information content (AvgIpc) is 3.44. The van der Waals surface area contributed by atoms with E-state index in [1.807, 2.05) is 65.3 Å². The number of likely N-dealkylation sites (tertiary alicyclic amines) is 1. The first kappa shape index (κ1) is 27.6. The van der Waals surface area contributed by atoms with E-state index >= 15 is 0 Å². The summed E-state index contributed by atoms with van der Waals surface area (Å²) >= 11 is 0. The summed E-state index contributed by atoms with van der Waals surface area (Å²) in [7, 11) is 0. The van der Waals surface area contributed by atoms with Crippen LogP contribution < -0.4 is 15.8 Å². The van der Waals surface area contributed by atoms with E-state index < -0.39 is 5.92 Å². The number of para-hydroxylation sites is 1. The molecule has 0 spiro atoms. The number of hydrogen-bond donors (Lipinski definition) is 2. The summed E-state index contributed by atoms with van der Waals surface area (Å²) in [5.74, 6) is 0.880. The summed E-state index contributed by atoms with van der Waals surface area (Å²) in [5, 5.41) is 16.6. The van der Waals surface area contributed by atoms with Crippen molar-refractivity contribution in [2.24, 2.45) is 0 Å². The highest BCUT2D eigenvalue weighted by Gasteiger charge is 2.32. The molecule has 3 N–H and O–H groups in total. The first-order chi connectivity index (χ1) is 21.5. The number of nitrogens with zero attached hydrogens (tertiary/aromatic N) is 7. The van der Waals surface area contributed by atoms with Crippen LogP contribution in [0.4, 0.5) is 5.82 Å². The normalized spacial score (nSPS) is 18.0. The van der Waals surface area contributed by atoms with Crippen molar-refractivity contribution in [1.29, 1.82) is 0 Å². The van der Waals surface area contributed by atoms with Crippen molar-refractivity contribution in [3.05, 3.63) is 84.4 Å². The van der Waals surface area contributed by atoms with Crippen LogP contribution in [0.5, 0.6) is 11.5 Å². The van der Waals surface area contributed by atoms with E-state index in [0.717, 1.165) is 59.6 Å². The lowest BCUT2D eigenvalue weighted by atomic mass is 9.91. The summed E-state index contributed by atoms with van der Waals surface area (Å²) in [5.41, 5.74) is 10.3. The van der Waals surface area contributed by atoms with Gasteiger partial charge in [-0.15, -0.1) is 0 Å². The highest BCUT2D eigenvalue weighted by molar-refractivity contribution is 6.01. The number of anilines is 1. The third-order valence-electron chi connectivity index (χ3n) is 8.33. The topological polar surface area (TPSA) is 154 Å². The molecule has 0 saturated carbocycles. The van der Waals surface area contributed by atoms with Crippen LogP contribution in [0.15, 0.2) is 73.2 Å². The van der Waals surface area contributed by atoms with E-state index in [9.17, 15) is 9.59 Å². The van der Waals surface area contributed by atoms with Gasteiger partial charge < -0.3 is 10.5 Å². The molecule has 3 aromatic heterocycles. The van der Waals surface area contributed by atoms with Gasteiger partial charge in [-0.05, 0) is 67.3 Å². The van der Waals surface area contributed by atoms with Crippen LogP contribution in [-0.4, -0.2) is 59.7 Å². The second-order valence-electron chi connectivity index (χ2n) is 11.1. The molecular weight excluding hydrogens is 558 g/mol. The molecular formula is C32H31N9O3. The molecule has 0 aliphatic carbocycles. The van der Waals surface area contributed by atoms with Gasteiger partial charge in [0.05, 0.1) is 23.0 Å². The molecule has 222 valence electrons. The minimum Gasteiger partial charge on any atom is -0.457 e. The highest BCUT2D eigenvalue weighted by atomic mass is 16.5. The Labute approximate surface area is 253 Å². The van der Waals surface area contributed by atoms with Gasteiger partial charge in [0.15, 0.2) is 5.65 Å². The molecule has 2 saturated heterocycles. The molecule has 2 fully saturated rings. The zero-order valence-electron chi connectivity index (χ0n) is 24.0. The Morgan fingerprint density at radius 1 is 0.932 bits per heavy atom. The van der Waals surface area contributed by atoms with E-state index in [1.165, 1.54) is 6.33 Å². The second-order valence-corrected chi connectivity index (χ2v) is 11.1. The second kappa shape index (κ2) is 11.8. The Morgan fingerprint density at radius 3 is 2.48 bits per heavy atom. The van der Waals surface area contributed by atoms with Crippen LogP contribution in [0.1, 0.15) is 48.9 Å². The summed E-state index contributed by atoms with van der Waals surface area (Å²) in [6.07, 6.45) is 5.60. The highest BCUT2D eigenvalue weighted by Crippen LogP contribution is 2.35. The number of fused-ring (bicyclic) bond motifs is 1. The lowest BCUT2D eigenvalue weighted by Gasteiger charge is -2.33. The van der Waals surface area contributed by atoms with Crippen molar-refractivity contribution in [3.63, 3.8) is 0 Å². The fourth-order valence-corrected chi connectivity index (χ4v) is 6.07. The van der Waals surface area contributed by atoms with Gasteiger partial charge >= 0.3 is 0 Å². The molecule has 2 aromatic carbocycles. The molecule has 2 amide bonds. The summed E-state index contributed by atoms with van der Waals surface area (Å²) in [6, 6.07) is 19.5. The smallest absolute Gasteiger partial charge is 0.235 e. The monoisotopic (exact) mass is 589 g/mol. The number of carbonyl (C=O) groups is 2. The van der Waals surface area contributed by atoms with Crippen molar-refractivity contribution < 1.29 is 14.3 Å². The van der Waals surface area contributed by atoms with E-state index in [-0.39, 0.29) is 17.9 Å². The Balaban J connectivity index is 1.08. The van der Waals surface area contributed by atoms with E-state index in [2.05, 4.69) is 30.4 Å². The number of piperidine rings is 2. The number of carbonyl (C=O) groups excluding carboxylic acids is 2. The van der Waals surface area contributed by atoms with Crippen LogP contribution in [0.25, 0.3) is 22.3 Å². The SMILES string of the molecule is Nc1ncnc2c1c(-c1ccc(Oc3ccccc3)cc1)nn2C1CCN(Cc2ccnnc2C2CCC(=O)NC2=O)CC1. The van der Waals surface area contributed by atoms with Gasteiger partial charge in [0.25, 0.3) is 0 Å². The fraction of sp³-hybridized carbons (Fsp3) is 0.281. The summed E-state index contributed by atoms with van der Waals surface area (Å²) < 4.78 is 7.96. The maximum absolute atomic E-state index is 12.5. The largest absolute Gasteiger partial charge is 0.457 e. The lowest BCUT2D eigenvalue weighted by molar-refractivity contribution is -0.134. The Morgan fingerprint density at radius 2 is 1.70 bits per heavy atom. The van der Waals surface area contributed by atoms with Gasteiger partial charge in [-0.3, -0.25) is 19.8 Å². The van der Waals surface area contributed by atoms with Gasteiger partial charge in [0, 0.05) is 37.8 Å². The molecule has 2 aliphatic rings. The predicted octanol–water partition coefficient (Wildman–Crippen LogP) is 4.02. The maximum atomic E-state index is 12.5. The molecule has 5 aromatic rings. The first-order valence-corrected chi connectivity index (χ1v) is 14.7. The number of benzene rings is 2. The van der Waals surface area contributed by atoms with Crippen molar-refractivity contribution >= 4 is 28.7 Å². The average molecular weight is 590 g/mol. The number of aromatic nitrogens is 6. The molecule has 44 heavy (non-hydrogen) atoms. The maximum Gasteiger partial charge on any atom is 0.235 e. The predicted molar refractivity (Wildman–Crippen MR) is 162 cm³/mol. The molecule has 1 atom stereocenters. The van der Waals surface area contributed by atoms with Crippen LogP contribution >= 0.6 is 0 Å². The molecule has 7 rings (SSSR count). The Hall–Kier alpha value is -5.23. The number of nitrogen functional groups attached to an aromatic ring is 1. The van der Waals surface area contributed by atoms with Gasteiger partial charge in [-0.25, -0.2) is 14.6 Å². The van der Waals surface area contributed by atoms with Crippen LogP contribution in [0.2, 0.25) is 0 Å². The van der Waals surface area contributed by atoms with Crippen LogP contribution in [-0.2, 0) is 16.1 Å². The van der Waals surface area contributed by atoms with Crippen molar-refractivity contribution in [1.82, 2.24) is 40.2 Å². The lowest BCUT2D eigenvalue weighted by Crippen LogP contribution is -2.40. The number of amides is 2. The van der Waals surface area contributed by atoms with Gasteiger partial charge in [-0.1, -0.05) is 18.2 Å². The minimum atomic E-state index is -0.466. The van der Waals surface area contributed by atoms with E-state index in [1.54, 1.807) is 6.20 Å². The molecule has 5 heterocycles. The molecule has 12 nitrogen and oxygen atoms in total. The molecule has 2 aliphatic heterocycles. The van der Waals surface area contributed by atoms with Crippen LogP contribution in [0, 0.1) is 0 Å². The number of nitrogens with one attached hydrogen (secondary N) is 1. The number of rotatable bonds is 7. The van der Waals surface area contributed by atoms with Gasteiger partial charge in [-0.2, -0.15) is 15.3 Å². The number of nitrogens with two attached hydrogens (primary N) is 1. The summed E-state index contributed by atoms with van der Waals surface area (Å²) in [6.45, 7) is 2.29. The summed E-state index contributed by atoms with van der Waals surface area (Å²) in [4.78, 5) is 35.4. The molecule has 0 radical (unpaired) electrons. The van der Waals surface area contributed by atoms with Crippen molar-refractivity contribution in [2.45, 2.75) is 44.2 Å². The van der Waals surface area contributed by atoms with Crippen molar-refractivity contribution in [3.8, 4) is 22.8 Å². The Bertz CT molecular complexity index is 1820. The number of ether oxygens (including phenoxy) is 1. The van der Waals surface area contributed by atoms with Gasteiger partial charge in [0.1, 0.15) is 29.3 Å². The van der Waals surface area contributed by atoms with Gasteiger partial charge in [0.2, 0.25) is 11.8 Å². The number of imide groups is 1. The fourth-order valence-electron chi connectivity index (χ4n) is 6.07. The molecule has 12 heteroatoms. The number of hydrogen-bond acceptors (Lipinski definition) is 10. The van der Waals surface area contributed by atoms with E-state index in [4.69, 9.17) is 15.6 Å². The molecule has 0 bridgehead atoms. The zero-order valence-corrected chi connectivity index (χ0v) is 24.0. The van der Waals surface area contributed by atoms with Crippen molar-refractivity contribution in [2.75, 3.05) is 18.8 Å². The quantitative estimate of drug-likeness (QED) is 0.266.